The van der Waals surface area contributed by atoms with Gasteiger partial charge in [0, 0.05) is 18.3 Å². The van der Waals surface area contributed by atoms with E-state index in [1.807, 2.05) is 36.4 Å². The van der Waals surface area contributed by atoms with Crippen LogP contribution in [0.1, 0.15) is 48.5 Å². The van der Waals surface area contributed by atoms with Crippen LogP contribution in [0.5, 0.6) is 17.2 Å². The zero-order chi connectivity index (χ0) is 27.9. The summed E-state index contributed by atoms with van der Waals surface area (Å²) in [5.41, 5.74) is 3.56. The maximum Gasteiger partial charge on any atom is 0.123 e. The van der Waals surface area contributed by atoms with Crippen LogP contribution in [0.2, 0.25) is 0 Å². The summed E-state index contributed by atoms with van der Waals surface area (Å²) < 4.78 is 29.6. The predicted octanol–water partition coefficient (Wildman–Crippen LogP) is 6.40. The molecule has 3 aromatic rings. The largest absolute Gasteiger partial charge is 0.497 e. The second-order valence-corrected chi connectivity index (χ2v) is 10.9. The number of carbonyl (C=O) groups is 1. The van der Waals surface area contributed by atoms with Crippen molar-refractivity contribution in [3.63, 3.8) is 0 Å². The van der Waals surface area contributed by atoms with Crippen molar-refractivity contribution in [1.29, 1.82) is 0 Å². The van der Waals surface area contributed by atoms with E-state index in [4.69, 9.17) is 23.7 Å². The summed E-state index contributed by atoms with van der Waals surface area (Å²) in [6, 6.07) is 24.5. The summed E-state index contributed by atoms with van der Waals surface area (Å²) in [4.78, 5) is 12.5. The number of hydrogen-bond acceptors (Lipinski definition) is 6. The first-order chi connectivity index (χ1) is 19.6. The standard InChI is InChI=1S/C34H40O6/c1-36-27-12-4-23(5-13-27)8-16-30-20-26(22-35)33-32(39-30)21-31(17-9-24-6-14-28(37-2)15-7-24)40-34(33)25-10-18-29(38-3)19-11-25/h4-7,10-15,18-19,22,26,30-34H,8-9,16-17,20-21H2,1-3H3/t26-,30+,31+,32-,33+,34-/m1/s1. The van der Waals surface area contributed by atoms with Gasteiger partial charge in [-0.05, 0) is 85.2 Å². The molecule has 2 heterocycles. The van der Waals surface area contributed by atoms with Gasteiger partial charge in [-0.3, -0.25) is 0 Å². The lowest BCUT2D eigenvalue weighted by Crippen LogP contribution is -2.50. The number of aldehydes is 1. The Balaban J connectivity index is 1.32. The Labute approximate surface area is 237 Å². The van der Waals surface area contributed by atoms with Crippen molar-refractivity contribution < 1.29 is 28.5 Å². The van der Waals surface area contributed by atoms with Crippen LogP contribution in [0.4, 0.5) is 0 Å². The molecule has 212 valence electrons. The topological polar surface area (TPSA) is 63.2 Å². The van der Waals surface area contributed by atoms with E-state index in [0.29, 0.717) is 6.42 Å². The average molecular weight is 545 g/mol. The van der Waals surface area contributed by atoms with Crippen LogP contribution < -0.4 is 14.2 Å². The number of rotatable bonds is 11. The summed E-state index contributed by atoms with van der Waals surface area (Å²) >= 11 is 0. The van der Waals surface area contributed by atoms with E-state index in [9.17, 15) is 4.79 Å². The van der Waals surface area contributed by atoms with Crippen LogP contribution in [0, 0.1) is 11.8 Å². The minimum absolute atomic E-state index is 0.0135. The maximum atomic E-state index is 12.5. The molecule has 0 amide bonds. The second-order valence-electron chi connectivity index (χ2n) is 10.9. The van der Waals surface area contributed by atoms with E-state index in [2.05, 4.69) is 36.4 Å². The molecule has 2 saturated heterocycles. The lowest BCUT2D eigenvalue weighted by Gasteiger charge is -2.49. The fourth-order valence-corrected chi connectivity index (χ4v) is 6.23. The van der Waals surface area contributed by atoms with Crippen LogP contribution >= 0.6 is 0 Å². The first-order valence-electron chi connectivity index (χ1n) is 14.3. The molecule has 2 aliphatic rings. The minimum Gasteiger partial charge on any atom is -0.497 e. The van der Waals surface area contributed by atoms with E-state index >= 15 is 0 Å². The molecule has 2 aliphatic heterocycles. The quantitative estimate of drug-likeness (QED) is 0.261. The molecule has 0 aromatic heterocycles. The van der Waals surface area contributed by atoms with E-state index in [1.54, 1.807) is 21.3 Å². The van der Waals surface area contributed by atoms with Crippen molar-refractivity contribution in [2.75, 3.05) is 21.3 Å². The molecule has 5 rings (SSSR count). The highest BCUT2D eigenvalue weighted by molar-refractivity contribution is 5.55. The normalized spacial score (nSPS) is 26.0. The van der Waals surface area contributed by atoms with Crippen LogP contribution in [0.25, 0.3) is 0 Å². The van der Waals surface area contributed by atoms with Gasteiger partial charge in [0.05, 0.1) is 45.7 Å². The lowest BCUT2D eigenvalue weighted by molar-refractivity contribution is -0.213. The number of benzene rings is 3. The molecule has 0 bridgehead atoms. The maximum absolute atomic E-state index is 12.5. The highest BCUT2D eigenvalue weighted by atomic mass is 16.5. The van der Waals surface area contributed by atoms with E-state index in [0.717, 1.165) is 61.2 Å². The van der Waals surface area contributed by atoms with Crippen LogP contribution in [-0.2, 0) is 27.1 Å². The van der Waals surface area contributed by atoms with Gasteiger partial charge < -0.3 is 28.5 Å². The van der Waals surface area contributed by atoms with Crippen LogP contribution in [0.3, 0.4) is 0 Å². The number of fused-ring (bicyclic) bond motifs is 1. The Bertz CT molecular complexity index is 1200. The van der Waals surface area contributed by atoms with Gasteiger partial charge >= 0.3 is 0 Å². The van der Waals surface area contributed by atoms with Crippen molar-refractivity contribution in [2.45, 2.75) is 62.9 Å². The summed E-state index contributed by atoms with van der Waals surface area (Å²) in [6.45, 7) is 0. The van der Waals surface area contributed by atoms with Gasteiger partial charge in [-0.2, -0.15) is 0 Å². The fourth-order valence-electron chi connectivity index (χ4n) is 6.23. The molecule has 6 heteroatoms. The number of carbonyl (C=O) groups excluding carboxylic acids is 1. The molecular formula is C34H40O6. The Hall–Kier alpha value is -3.35. The number of aryl methyl sites for hydroxylation is 2. The highest BCUT2D eigenvalue weighted by Gasteiger charge is 2.48. The highest BCUT2D eigenvalue weighted by Crippen LogP contribution is 2.47. The Morgan fingerprint density at radius 1 is 0.675 bits per heavy atom. The molecule has 6 atom stereocenters. The average Bonchev–Trinajstić information content (AvgIpc) is 3.02. The molecule has 0 N–H and O–H groups in total. The van der Waals surface area contributed by atoms with E-state index in [-0.39, 0.29) is 36.3 Å². The molecule has 6 nitrogen and oxygen atoms in total. The first kappa shape index (κ1) is 28.2. The number of hydrogen-bond donors (Lipinski definition) is 0. The van der Waals surface area contributed by atoms with E-state index in [1.165, 1.54) is 11.1 Å². The molecule has 3 aromatic carbocycles. The summed E-state index contributed by atoms with van der Waals surface area (Å²) in [6.07, 6.45) is 6.03. The zero-order valence-corrected chi connectivity index (χ0v) is 23.7. The molecular weight excluding hydrogens is 504 g/mol. The van der Waals surface area contributed by atoms with Crippen molar-refractivity contribution in [3.05, 3.63) is 89.5 Å². The van der Waals surface area contributed by atoms with Crippen LogP contribution in [-0.4, -0.2) is 45.9 Å². The van der Waals surface area contributed by atoms with Crippen molar-refractivity contribution in [1.82, 2.24) is 0 Å². The third kappa shape index (κ3) is 6.68. The molecule has 0 unspecified atom stereocenters. The molecule has 0 aliphatic carbocycles. The van der Waals surface area contributed by atoms with E-state index < -0.39 is 0 Å². The van der Waals surface area contributed by atoms with Gasteiger partial charge in [0.15, 0.2) is 0 Å². The molecule has 0 radical (unpaired) electrons. The predicted molar refractivity (Wildman–Crippen MR) is 154 cm³/mol. The lowest BCUT2D eigenvalue weighted by atomic mass is 9.72. The third-order valence-corrected chi connectivity index (χ3v) is 8.46. The SMILES string of the molecule is COc1ccc(CC[C@H]2C[C@H]3O[C@@H](CCc4ccc(OC)cc4)C[C@H](C=O)[C@@H]3[C@@H](c3ccc(OC)cc3)O2)cc1. The third-order valence-electron chi connectivity index (χ3n) is 8.46. The monoisotopic (exact) mass is 544 g/mol. The van der Waals surface area contributed by atoms with Gasteiger partial charge in [-0.25, -0.2) is 0 Å². The van der Waals surface area contributed by atoms with Crippen molar-refractivity contribution >= 4 is 6.29 Å². The summed E-state index contributed by atoms with van der Waals surface area (Å²) in [5, 5.41) is 0. The van der Waals surface area contributed by atoms with Gasteiger partial charge in [0.25, 0.3) is 0 Å². The van der Waals surface area contributed by atoms with Crippen molar-refractivity contribution in [3.8, 4) is 17.2 Å². The van der Waals surface area contributed by atoms with Crippen molar-refractivity contribution in [2.24, 2.45) is 11.8 Å². The minimum atomic E-state index is -0.205. The summed E-state index contributed by atoms with van der Waals surface area (Å²) in [7, 11) is 5.03. The first-order valence-corrected chi connectivity index (χ1v) is 14.3. The zero-order valence-electron chi connectivity index (χ0n) is 23.7. The smallest absolute Gasteiger partial charge is 0.123 e. The Morgan fingerprint density at radius 3 is 1.62 bits per heavy atom. The Kier molecular flexibility index (Phi) is 9.40. The molecule has 0 saturated carbocycles. The fraction of sp³-hybridized carbons (Fsp3) is 0.441. The molecule has 0 spiro atoms. The number of ether oxygens (including phenoxy) is 5. The summed E-state index contributed by atoms with van der Waals surface area (Å²) in [5.74, 6) is 2.39. The molecule has 2 fully saturated rings. The van der Waals surface area contributed by atoms with Gasteiger partial charge in [0.2, 0.25) is 0 Å². The van der Waals surface area contributed by atoms with Gasteiger partial charge in [0.1, 0.15) is 23.5 Å². The van der Waals surface area contributed by atoms with Gasteiger partial charge in [-0.1, -0.05) is 36.4 Å². The second kappa shape index (κ2) is 13.3. The van der Waals surface area contributed by atoms with Crippen LogP contribution in [0.15, 0.2) is 72.8 Å². The molecule has 40 heavy (non-hydrogen) atoms. The van der Waals surface area contributed by atoms with Gasteiger partial charge in [-0.15, -0.1) is 0 Å². The number of methoxy groups -OCH3 is 3. The Morgan fingerprint density at radius 2 is 1.15 bits per heavy atom.